The SMILES string of the molecule is CCCC[C@H](OC(=O)c1ccc([N+](=O)[O-])cc1)C(=O)O. The number of carbonyl (C=O) groups is 2. The number of esters is 1. The average Bonchev–Trinajstić information content (AvgIpc) is 2.42. The molecule has 7 nitrogen and oxygen atoms in total. The molecule has 1 atom stereocenters. The Bertz CT molecular complexity index is 496. The van der Waals surface area contributed by atoms with E-state index < -0.39 is 23.0 Å². The van der Waals surface area contributed by atoms with Crippen molar-refractivity contribution >= 4 is 17.6 Å². The molecule has 0 saturated carbocycles. The minimum Gasteiger partial charge on any atom is -0.479 e. The fourth-order valence-electron chi connectivity index (χ4n) is 1.54. The number of aliphatic carboxylic acids is 1. The molecule has 0 aromatic heterocycles. The molecular weight excluding hydrogens is 266 g/mol. The maximum Gasteiger partial charge on any atom is 0.345 e. The van der Waals surface area contributed by atoms with Gasteiger partial charge in [-0.2, -0.15) is 0 Å². The van der Waals surface area contributed by atoms with Crippen LogP contribution in [-0.2, 0) is 9.53 Å². The highest BCUT2D eigenvalue weighted by molar-refractivity contribution is 5.91. The second kappa shape index (κ2) is 7.22. The first-order valence-electron chi connectivity index (χ1n) is 6.14. The highest BCUT2D eigenvalue weighted by atomic mass is 16.6. The molecule has 1 aromatic carbocycles. The van der Waals surface area contributed by atoms with Crippen molar-refractivity contribution in [2.45, 2.75) is 32.3 Å². The second-order valence-electron chi connectivity index (χ2n) is 4.18. The van der Waals surface area contributed by atoms with Crippen LogP contribution in [0.3, 0.4) is 0 Å². The van der Waals surface area contributed by atoms with Crippen molar-refractivity contribution in [1.82, 2.24) is 0 Å². The Morgan fingerprint density at radius 1 is 1.35 bits per heavy atom. The van der Waals surface area contributed by atoms with E-state index in [0.29, 0.717) is 6.42 Å². The first-order chi connectivity index (χ1) is 9.45. The molecule has 0 fully saturated rings. The van der Waals surface area contributed by atoms with Gasteiger partial charge in [-0.15, -0.1) is 0 Å². The Hall–Kier alpha value is -2.44. The standard InChI is InChI=1S/C13H15NO6/c1-2-3-4-11(12(15)16)20-13(17)9-5-7-10(8-6-9)14(18)19/h5-8,11H,2-4H2,1H3,(H,15,16)/t11-/m0/s1. The van der Waals surface area contributed by atoms with Crippen molar-refractivity contribution in [1.29, 1.82) is 0 Å². The van der Waals surface area contributed by atoms with Crippen molar-refractivity contribution < 1.29 is 24.4 Å². The fourth-order valence-corrected chi connectivity index (χ4v) is 1.54. The number of rotatable bonds is 7. The van der Waals surface area contributed by atoms with Gasteiger partial charge in [-0.3, -0.25) is 10.1 Å². The number of hydrogen-bond acceptors (Lipinski definition) is 5. The molecule has 1 aromatic rings. The third kappa shape index (κ3) is 4.34. The Morgan fingerprint density at radius 3 is 2.40 bits per heavy atom. The number of carboxylic acid groups (broad SMARTS) is 1. The number of benzene rings is 1. The van der Waals surface area contributed by atoms with Gasteiger partial charge >= 0.3 is 11.9 Å². The maximum atomic E-state index is 11.7. The zero-order valence-electron chi connectivity index (χ0n) is 10.9. The van der Waals surface area contributed by atoms with E-state index in [2.05, 4.69) is 0 Å². The largest absolute Gasteiger partial charge is 0.479 e. The number of nitro benzene ring substituents is 1. The van der Waals surface area contributed by atoms with Crippen LogP contribution in [0, 0.1) is 10.1 Å². The van der Waals surface area contributed by atoms with Crippen LogP contribution in [0.2, 0.25) is 0 Å². The number of ether oxygens (including phenoxy) is 1. The molecule has 20 heavy (non-hydrogen) atoms. The van der Waals surface area contributed by atoms with Gasteiger partial charge < -0.3 is 9.84 Å². The molecule has 0 bridgehead atoms. The van der Waals surface area contributed by atoms with Gasteiger partial charge in [0.25, 0.3) is 5.69 Å². The molecule has 0 aliphatic rings. The van der Waals surface area contributed by atoms with Crippen molar-refractivity contribution in [2.75, 3.05) is 0 Å². The molecule has 1 rings (SSSR count). The summed E-state index contributed by atoms with van der Waals surface area (Å²) in [4.78, 5) is 32.6. The molecular formula is C13H15NO6. The summed E-state index contributed by atoms with van der Waals surface area (Å²) in [5.74, 6) is -2.00. The zero-order chi connectivity index (χ0) is 15.1. The number of non-ortho nitro benzene ring substituents is 1. The molecule has 0 spiro atoms. The third-order valence-electron chi connectivity index (χ3n) is 2.66. The van der Waals surface area contributed by atoms with Crippen LogP contribution < -0.4 is 0 Å². The van der Waals surface area contributed by atoms with E-state index in [-0.39, 0.29) is 17.7 Å². The molecule has 0 aliphatic heterocycles. The Morgan fingerprint density at radius 2 is 1.95 bits per heavy atom. The molecule has 0 radical (unpaired) electrons. The lowest BCUT2D eigenvalue weighted by atomic mass is 10.1. The molecule has 0 unspecified atom stereocenters. The summed E-state index contributed by atoms with van der Waals surface area (Å²) >= 11 is 0. The first-order valence-corrected chi connectivity index (χ1v) is 6.14. The van der Waals surface area contributed by atoms with Crippen molar-refractivity contribution in [3.8, 4) is 0 Å². The van der Waals surface area contributed by atoms with Crippen molar-refractivity contribution in [2.24, 2.45) is 0 Å². The molecule has 0 saturated heterocycles. The minimum atomic E-state index is -1.20. The van der Waals surface area contributed by atoms with Gasteiger partial charge in [0.15, 0.2) is 6.10 Å². The van der Waals surface area contributed by atoms with Crippen molar-refractivity contribution in [3.63, 3.8) is 0 Å². The van der Waals surface area contributed by atoms with Gasteiger partial charge in [0.1, 0.15) is 0 Å². The molecule has 7 heteroatoms. The van der Waals surface area contributed by atoms with E-state index in [1.54, 1.807) is 0 Å². The van der Waals surface area contributed by atoms with E-state index in [1.165, 1.54) is 24.3 Å². The summed E-state index contributed by atoms with van der Waals surface area (Å²) in [7, 11) is 0. The van der Waals surface area contributed by atoms with Gasteiger partial charge in [-0.25, -0.2) is 9.59 Å². The third-order valence-corrected chi connectivity index (χ3v) is 2.66. The monoisotopic (exact) mass is 281 g/mol. The number of carbonyl (C=O) groups excluding carboxylic acids is 1. The predicted octanol–water partition coefficient (Wildman–Crippen LogP) is 2.40. The average molecular weight is 281 g/mol. The maximum absolute atomic E-state index is 11.7. The summed E-state index contributed by atoms with van der Waals surface area (Å²) in [5.41, 5.74) is -0.0688. The summed E-state index contributed by atoms with van der Waals surface area (Å²) < 4.78 is 4.89. The molecule has 0 heterocycles. The lowest BCUT2D eigenvalue weighted by molar-refractivity contribution is -0.384. The van der Waals surface area contributed by atoms with Crippen LogP contribution in [0.25, 0.3) is 0 Å². The van der Waals surface area contributed by atoms with Crippen LogP contribution in [0.15, 0.2) is 24.3 Å². The van der Waals surface area contributed by atoms with E-state index in [1.807, 2.05) is 6.92 Å². The topological polar surface area (TPSA) is 107 Å². The molecule has 108 valence electrons. The summed E-state index contributed by atoms with van der Waals surface area (Å²) in [6, 6.07) is 4.80. The lowest BCUT2D eigenvalue weighted by Crippen LogP contribution is -2.27. The number of hydrogen-bond donors (Lipinski definition) is 1. The smallest absolute Gasteiger partial charge is 0.345 e. The van der Waals surface area contributed by atoms with Crippen LogP contribution in [0.1, 0.15) is 36.5 Å². The quantitative estimate of drug-likeness (QED) is 0.467. The highest BCUT2D eigenvalue weighted by Crippen LogP contribution is 2.14. The predicted molar refractivity (Wildman–Crippen MR) is 69.5 cm³/mol. The highest BCUT2D eigenvalue weighted by Gasteiger charge is 2.22. The molecule has 0 amide bonds. The Balaban J connectivity index is 2.73. The first kappa shape index (κ1) is 15.6. The number of nitrogens with zero attached hydrogens (tertiary/aromatic N) is 1. The number of unbranched alkanes of at least 4 members (excludes halogenated alkanes) is 1. The van der Waals surface area contributed by atoms with E-state index in [9.17, 15) is 19.7 Å². The van der Waals surface area contributed by atoms with Crippen LogP contribution in [0.4, 0.5) is 5.69 Å². The zero-order valence-corrected chi connectivity index (χ0v) is 10.9. The van der Waals surface area contributed by atoms with Gasteiger partial charge in [0.2, 0.25) is 0 Å². The minimum absolute atomic E-state index is 0.0818. The summed E-state index contributed by atoms with van der Waals surface area (Å²) in [6.07, 6.45) is 0.464. The summed E-state index contributed by atoms with van der Waals surface area (Å²) in [5, 5.41) is 19.4. The summed E-state index contributed by atoms with van der Waals surface area (Å²) in [6.45, 7) is 1.90. The van der Waals surface area contributed by atoms with Crippen molar-refractivity contribution in [3.05, 3.63) is 39.9 Å². The lowest BCUT2D eigenvalue weighted by Gasteiger charge is -2.13. The van der Waals surface area contributed by atoms with Crippen LogP contribution >= 0.6 is 0 Å². The Labute approximate surface area is 115 Å². The number of nitro groups is 1. The van der Waals surface area contributed by atoms with Gasteiger partial charge in [-0.05, 0) is 25.0 Å². The fraction of sp³-hybridized carbons (Fsp3) is 0.385. The second-order valence-corrected chi connectivity index (χ2v) is 4.18. The molecule has 0 aliphatic carbocycles. The van der Waals surface area contributed by atoms with Gasteiger partial charge in [0, 0.05) is 12.1 Å². The number of carboxylic acids is 1. The molecule has 1 N–H and O–H groups in total. The van der Waals surface area contributed by atoms with E-state index in [0.717, 1.165) is 6.42 Å². The van der Waals surface area contributed by atoms with E-state index >= 15 is 0 Å². The normalized spacial score (nSPS) is 11.7. The van der Waals surface area contributed by atoms with Gasteiger partial charge in [0.05, 0.1) is 10.5 Å². The van der Waals surface area contributed by atoms with Gasteiger partial charge in [-0.1, -0.05) is 13.3 Å². The Kier molecular flexibility index (Phi) is 5.64. The van der Waals surface area contributed by atoms with Crippen LogP contribution in [-0.4, -0.2) is 28.1 Å². The van der Waals surface area contributed by atoms with E-state index in [4.69, 9.17) is 9.84 Å². The van der Waals surface area contributed by atoms with Crippen LogP contribution in [0.5, 0.6) is 0 Å².